The van der Waals surface area contributed by atoms with Gasteiger partial charge in [-0.05, 0) is 12.1 Å². The maximum atomic E-state index is 5.55. The zero-order chi connectivity index (χ0) is 12.1. The van der Waals surface area contributed by atoms with E-state index in [1.807, 2.05) is 30.4 Å². The molecule has 5 heteroatoms. The van der Waals surface area contributed by atoms with Gasteiger partial charge < -0.3 is 9.72 Å². The minimum absolute atomic E-state index is 0.553. The van der Waals surface area contributed by atoms with Gasteiger partial charge in [-0.1, -0.05) is 23.9 Å². The number of methoxy groups -OCH3 is 1. The van der Waals surface area contributed by atoms with Crippen LogP contribution in [-0.2, 0) is 0 Å². The van der Waals surface area contributed by atoms with Gasteiger partial charge in [0.1, 0.15) is 5.75 Å². The maximum Gasteiger partial charge on any atom is 0.166 e. The molecule has 0 radical (unpaired) electrons. The third-order valence-corrected chi connectivity index (χ3v) is 3.24. The highest BCUT2D eigenvalue weighted by molar-refractivity contribution is 7.99. The highest BCUT2D eigenvalue weighted by Crippen LogP contribution is 2.22. The summed E-state index contributed by atoms with van der Waals surface area (Å²) in [5.41, 5.74) is 1.95. The van der Waals surface area contributed by atoms with E-state index in [1.54, 1.807) is 18.9 Å². The molecule has 0 atom stereocenters. The molecule has 0 saturated heterocycles. The van der Waals surface area contributed by atoms with Crippen LogP contribution in [0.4, 0.5) is 0 Å². The Labute approximate surface area is 109 Å². The lowest BCUT2D eigenvalue weighted by molar-refractivity contribution is 0.415. The van der Waals surface area contributed by atoms with Gasteiger partial charge in [0.05, 0.1) is 18.1 Å². The van der Waals surface area contributed by atoms with Crippen molar-refractivity contribution >= 4 is 34.4 Å². The van der Waals surface area contributed by atoms with E-state index >= 15 is 0 Å². The van der Waals surface area contributed by atoms with Gasteiger partial charge in [0.25, 0.3) is 0 Å². The number of aromatic nitrogens is 2. The number of halogens is 1. The van der Waals surface area contributed by atoms with Crippen LogP contribution in [0.15, 0.2) is 35.5 Å². The lowest BCUT2D eigenvalue weighted by atomic mass is 10.3. The van der Waals surface area contributed by atoms with E-state index < -0.39 is 0 Å². The number of aromatic amines is 1. The van der Waals surface area contributed by atoms with Gasteiger partial charge in [-0.25, -0.2) is 4.98 Å². The molecule has 0 fully saturated rings. The van der Waals surface area contributed by atoms with Gasteiger partial charge in [0.2, 0.25) is 0 Å². The van der Waals surface area contributed by atoms with Crippen LogP contribution in [0, 0.1) is 0 Å². The van der Waals surface area contributed by atoms with Crippen molar-refractivity contribution < 1.29 is 4.74 Å². The van der Waals surface area contributed by atoms with Gasteiger partial charge in [-0.2, -0.15) is 0 Å². The zero-order valence-corrected chi connectivity index (χ0v) is 11.0. The Bertz CT molecular complexity index is 524. The first-order valence-electron chi connectivity index (χ1n) is 5.21. The molecule has 0 aliphatic heterocycles. The fraction of sp³-hybridized carbons (Fsp3) is 0.250. The first-order valence-corrected chi connectivity index (χ1v) is 6.73. The van der Waals surface area contributed by atoms with Crippen LogP contribution in [0.5, 0.6) is 5.75 Å². The Morgan fingerprint density at radius 3 is 3.12 bits per heavy atom. The van der Waals surface area contributed by atoms with E-state index in [-0.39, 0.29) is 0 Å². The average molecular weight is 269 g/mol. The molecule has 17 heavy (non-hydrogen) atoms. The van der Waals surface area contributed by atoms with Crippen LogP contribution in [0.3, 0.4) is 0 Å². The number of ether oxygens (including phenoxy) is 1. The fourth-order valence-electron chi connectivity index (χ4n) is 1.42. The lowest BCUT2D eigenvalue weighted by Gasteiger charge is -1.96. The number of nitrogens with zero attached hydrogens (tertiary/aromatic N) is 1. The average Bonchev–Trinajstić information content (AvgIpc) is 2.76. The predicted octanol–water partition coefficient (Wildman–Crippen LogP) is 3.46. The minimum Gasteiger partial charge on any atom is -0.497 e. The molecule has 1 aromatic carbocycles. The van der Waals surface area contributed by atoms with E-state index in [9.17, 15) is 0 Å². The molecule has 1 aromatic heterocycles. The molecule has 0 spiro atoms. The number of nitrogens with one attached hydrogen (secondary N) is 1. The van der Waals surface area contributed by atoms with Crippen LogP contribution >= 0.6 is 23.4 Å². The Kier molecular flexibility index (Phi) is 4.34. The first-order chi connectivity index (χ1) is 8.33. The minimum atomic E-state index is 0.553. The topological polar surface area (TPSA) is 37.9 Å². The van der Waals surface area contributed by atoms with Crippen LogP contribution in [0.1, 0.15) is 0 Å². The van der Waals surface area contributed by atoms with Crippen LogP contribution in [0.25, 0.3) is 11.0 Å². The van der Waals surface area contributed by atoms with E-state index in [4.69, 9.17) is 16.3 Å². The van der Waals surface area contributed by atoms with Gasteiger partial charge in [-0.15, -0.1) is 11.6 Å². The van der Waals surface area contributed by atoms with Crippen molar-refractivity contribution in [3.05, 3.63) is 30.4 Å². The fourth-order valence-corrected chi connectivity index (χ4v) is 2.28. The third kappa shape index (κ3) is 3.17. The van der Waals surface area contributed by atoms with Crippen molar-refractivity contribution in [1.29, 1.82) is 0 Å². The predicted molar refractivity (Wildman–Crippen MR) is 73.2 cm³/mol. The molecule has 1 heterocycles. The van der Waals surface area contributed by atoms with E-state index in [0.717, 1.165) is 27.7 Å². The molecule has 2 aromatic rings. The highest BCUT2D eigenvalue weighted by Gasteiger charge is 2.03. The number of thioether (sulfide) groups is 1. The summed E-state index contributed by atoms with van der Waals surface area (Å²) in [4.78, 5) is 7.72. The number of H-pyrrole nitrogens is 1. The van der Waals surface area contributed by atoms with Crippen LogP contribution < -0.4 is 4.74 Å². The van der Waals surface area contributed by atoms with Crippen molar-refractivity contribution in [2.24, 2.45) is 0 Å². The maximum absolute atomic E-state index is 5.55. The largest absolute Gasteiger partial charge is 0.497 e. The molecule has 1 N–H and O–H groups in total. The zero-order valence-electron chi connectivity index (χ0n) is 9.44. The van der Waals surface area contributed by atoms with Crippen molar-refractivity contribution in [2.45, 2.75) is 5.16 Å². The van der Waals surface area contributed by atoms with Crippen LogP contribution in [-0.4, -0.2) is 28.7 Å². The second-order valence-electron chi connectivity index (χ2n) is 3.36. The summed E-state index contributed by atoms with van der Waals surface area (Å²) in [5.74, 6) is 2.25. The second-order valence-corrected chi connectivity index (χ2v) is 4.68. The summed E-state index contributed by atoms with van der Waals surface area (Å²) in [6.07, 6.45) is 3.96. The monoisotopic (exact) mass is 268 g/mol. The van der Waals surface area contributed by atoms with E-state index in [0.29, 0.717) is 5.88 Å². The molecule has 0 bridgehead atoms. The van der Waals surface area contributed by atoms with Gasteiger partial charge in [-0.3, -0.25) is 0 Å². The number of fused-ring (bicyclic) bond motifs is 1. The van der Waals surface area contributed by atoms with Gasteiger partial charge >= 0.3 is 0 Å². The summed E-state index contributed by atoms with van der Waals surface area (Å²) in [6, 6.07) is 5.80. The first kappa shape index (κ1) is 12.3. The van der Waals surface area contributed by atoms with Crippen molar-refractivity contribution in [3.8, 4) is 5.75 Å². The summed E-state index contributed by atoms with van der Waals surface area (Å²) in [7, 11) is 1.66. The molecule has 0 aliphatic carbocycles. The highest BCUT2D eigenvalue weighted by atomic mass is 35.5. The van der Waals surface area contributed by atoms with Crippen molar-refractivity contribution in [3.63, 3.8) is 0 Å². The standard InChI is InChI=1S/C12H13ClN2OS/c1-16-9-4-5-10-11(8-9)15-12(14-10)17-7-3-2-6-13/h2-5,8H,6-7H2,1H3,(H,14,15). The Balaban J connectivity index is 2.11. The summed E-state index contributed by atoms with van der Waals surface area (Å²) < 4.78 is 5.16. The molecular weight excluding hydrogens is 256 g/mol. The summed E-state index contributed by atoms with van der Waals surface area (Å²) >= 11 is 7.19. The van der Waals surface area contributed by atoms with E-state index in [1.165, 1.54) is 0 Å². The third-order valence-electron chi connectivity index (χ3n) is 2.24. The summed E-state index contributed by atoms with van der Waals surface area (Å²) in [5, 5.41) is 0.910. The Morgan fingerprint density at radius 1 is 1.47 bits per heavy atom. The Hall–Kier alpha value is -1.13. The summed E-state index contributed by atoms with van der Waals surface area (Å²) in [6.45, 7) is 0. The van der Waals surface area contributed by atoms with Crippen LogP contribution in [0.2, 0.25) is 0 Å². The lowest BCUT2D eigenvalue weighted by Crippen LogP contribution is -1.81. The molecular formula is C12H13ClN2OS. The van der Waals surface area contributed by atoms with Crippen molar-refractivity contribution in [1.82, 2.24) is 9.97 Å². The quantitative estimate of drug-likeness (QED) is 0.513. The van der Waals surface area contributed by atoms with Crippen molar-refractivity contribution in [2.75, 3.05) is 18.7 Å². The normalized spacial score (nSPS) is 11.4. The number of hydrogen-bond donors (Lipinski definition) is 1. The number of imidazole rings is 1. The molecule has 0 saturated carbocycles. The SMILES string of the molecule is COc1ccc2nc(SCC=CCCl)[nH]c2c1. The number of rotatable bonds is 5. The molecule has 2 rings (SSSR count). The number of benzene rings is 1. The van der Waals surface area contributed by atoms with Gasteiger partial charge in [0, 0.05) is 17.7 Å². The number of hydrogen-bond acceptors (Lipinski definition) is 3. The number of allylic oxidation sites excluding steroid dienone is 1. The smallest absolute Gasteiger partial charge is 0.166 e. The number of alkyl halides is 1. The molecule has 3 nitrogen and oxygen atoms in total. The van der Waals surface area contributed by atoms with E-state index in [2.05, 4.69) is 9.97 Å². The molecule has 0 aliphatic rings. The van der Waals surface area contributed by atoms with Gasteiger partial charge in [0.15, 0.2) is 5.16 Å². The second kappa shape index (κ2) is 5.98. The molecule has 90 valence electrons. The molecule has 0 unspecified atom stereocenters. The Morgan fingerprint density at radius 2 is 2.35 bits per heavy atom. The molecule has 0 amide bonds.